The van der Waals surface area contributed by atoms with Crippen molar-refractivity contribution in [3.8, 4) is 6.07 Å². The summed E-state index contributed by atoms with van der Waals surface area (Å²) in [6.45, 7) is 16.8. The van der Waals surface area contributed by atoms with Gasteiger partial charge in [-0.05, 0) is 93.9 Å². The van der Waals surface area contributed by atoms with Crippen molar-refractivity contribution in [1.82, 2.24) is 14.9 Å². The molecule has 3 saturated heterocycles. The zero-order chi connectivity index (χ0) is 29.7. The van der Waals surface area contributed by atoms with E-state index in [9.17, 15) is 9.65 Å². The Kier molecular flexibility index (Phi) is 10.3. The number of benzene rings is 1. The van der Waals surface area contributed by atoms with Crippen LogP contribution in [0.1, 0.15) is 126 Å². The van der Waals surface area contributed by atoms with Crippen molar-refractivity contribution >= 4 is 11.5 Å². The zero-order valence-corrected chi connectivity index (χ0v) is 26.3. The average molecular weight is 563 g/mol. The summed E-state index contributed by atoms with van der Waals surface area (Å²) in [7, 11) is 0. The van der Waals surface area contributed by atoms with Crippen LogP contribution >= 0.6 is 0 Å². The van der Waals surface area contributed by atoms with Gasteiger partial charge in [0.1, 0.15) is 23.9 Å². The zero-order valence-electron chi connectivity index (χ0n) is 26.3. The van der Waals surface area contributed by atoms with E-state index in [0.29, 0.717) is 23.7 Å². The summed E-state index contributed by atoms with van der Waals surface area (Å²) in [4.78, 5) is 14.5. The Morgan fingerprint density at radius 3 is 2.54 bits per heavy atom. The van der Waals surface area contributed by atoms with Gasteiger partial charge >= 0.3 is 0 Å². The standard InChI is InChI=1S/C24H31N5.C8H14FN.C2H6/c1-4-15(3)17-9-10-20(26)19(14-25)23(17)16-7-8-18-21(13-16)27-22(5-2)28-24(18)29-11-6-12-29;1-8-3-2-4-10(8)6-7(9)5-8;1-2/h9-10,15-16H,4-8,11-13,26H2,1-3H3;7H,2-6H2,1H3;1-2H3/t15-,16?;;/m0../s1. The molecule has 0 bridgehead atoms. The molecule has 6 nitrogen and oxygen atoms in total. The van der Waals surface area contributed by atoms with Crippen LogP contribution in [0.4, 0.5) is 15.9 Å². The highest BCUT2D eigenvalue weighted by Crippen LogP contribution is 2.42. The molecule has 4 heterocycles. The largest absolute Gasteiger partial charge is 0.398 e. The van der Waals surface area contributed by atoms with Crippen LogP contribution in [0.15, 0.2) is 12.1 Å². The van der Waals surface area contributed by atoms with Crippen molar-refractivity contribution in [3.63, 3.8) is 0 Å². The number of halogens is 1. The topological polar surface area (TPSA) is 82.1 Å². The van der Waals surface area contributed by atoms with Crippen molar-refractivity contribution in [3.05, 3.63) is 45.9 Å². The second-order valence-electron chi connectivity index (χ2n) is 12.3. The molecular formula is C34H51FN6. The molecule has 1 aromatic carbocycles. The molecule has 3 fully saturated rings. The van der Waals surface area contributed by atoms with E-state index >= 15 is 0 Å². The average Bonchev–Trinajstić information content (AvgIpc) is 3.45. The smallest absolute Gasteiger partial charge is 0.135 e. The van der Waals surface area contributed by atoms with Gasteiger partial charge in [0.15, 0.2) is 0 Å². The minimum atomic E-state index is -0.551. The third kappa shape index (κ3) is 6.38. The Hall–Kier alpha value is -2.72. The van der Waals surface area contributed by atoms with Gasteiger partial charge in [0.05, 0.1) is 11.3 Å². The number of nitrogens with two attached hydrogens (primary N) is 1. The molecule has 0 amide bonds. The molecule has 224 valence electrons. The van der Waals surface area contributed by atoms with Gasteiger partial charge in [-0.1, -0.05) is 40.7 Å². The Morgan fingerprint density at radius 1 is 1.17 bits per heavy atom. The predicted octanol–water partition coefficient (Wildman–Crippen LogP) is 7.10. The van der Waals surface area contributed by atoms with Crippen molar-refractivity contribution in [1.29, 1.82) is 5.26 Å². The minimum absolute atomic E-state index is 0.236. The van der Waals surface area contributed by atoms with Crippen LogP contribution < -0.4 is 10.6 Å². The molecule has 7 heteroatoms. The summed E-state index contributed by atoms with van der Waals surface area (Å²) >= 11 is 0. The predicted molar refractivity (Wildman–Crippen MR) is 167 cm³/mol. The maximum Gasteiger partial charge on any atom is 0.135 e. The number of nitriles is 1. The van der Waals surface area contributed by atoms with E-state index in [1.165, 1.54) is 36.1 Å². The molecule has 0 spiro atoms. The van der Waals surface area contributed by atoms with Crippen LogP contribution in [-0.4, -0.2) is 52.8 Å². The number of nitrogens with zero attached hydrogens (tertiary/aromatic N) is 5. The van der Waals surface area contributed by atoms with Crippen LogP contribution in [0, 0.1) is 11.3 Å². The molecular weight excluding hydrogens is 511 g/mol. The van der Waals surface area contributed by atoms with Crippen LogP contribution in [0.25, 0.3) is 0 Å². The van der Waals surface area contributed by atoms with E-state index in [1.807, 2.05) is 19.9 Å². The summed E-state index contributed by atoms with van der Waals surface area (Å²) < 4.78 is 12.8. The van der Waals surface area contributed by atoms with Gasteiger partial charge in [-0.15, -0.1) is 0 Å². The summed E-state index contributed by atoms with van der Waals surface area (Å²) in [5.41, 5.74) is 12.7. The number of anilines is 2. The molecule has 6 rings (SSSR count). The van der Waals surface area contributed by atoms with E-state index in [2.05, 4.69) is 49.6 Å². The fourth-order valence-electron chi connectivity index (χ4n) is 7.11. The molecule has 4 aliphatic rings. The number of rotatable bonds is 5. The van der Waals surface area contributed by atoms with Gasteiger partial charge in [0.25, 0.3) is 0 Å². The molecule has 0 radical (unpaired) electrons. The molecule has 2 aromatic rings. The van der Waals surface area contributed by atoms with Gasteiger partial charge in [-0.25, -0.2) is 14.4 Å². The lowest BCUT2D eigenvalue weighted by Crippen LogP contribution is -2.39. The molecule has 41 heavy (non-hydrogen) atoms. The van der Waals surface area contributed by atoms with Gasteiger partial charge in [-0.2, -0.15) is 5.26 Å². The number of alkyl halides is 1. The summed E-state index contributed by atoms with van der Waals surface area (Å²) in [5.74, 6) is 2.79. The monoisotopic (exact) mass is 562 g/mol. The lowest BCUT2D eigenvalue weighted by molar-refractivity contribution is 0.217. The fraction of sp³-hybridized carbons (Fsp3) is 0.676. The molecule has 4 atom stereocenters. The lowest BCUT2D eigenvalue weighted by atomic mass is 9.76. The van der Waals surface area contributed by atoms with Gasteiger partial charge in [0.2, 0.25) is 0 Å². The summed E-state index contributed by atoms with van der Waals surface area (Å²) in [6.07, 6.45) is 8.68. The van der Waals surface area contributed by atoms with Gasteiger partial charge in [-0.3, -0.25) is 4.90 Å². The quantitative estimate of drug-likeness (QED) is 0.392. The number of aryl methyl sites for hydroxylation is 1. The first-order valence-electron chi connectivity index (χ1n) is 16.1. The molecule has 2 N–H and O–H groups in total. The Morgan fingerprint density at radius 2 is 1.93 bits per heavy atom. The highest BCUT2D eigenvalue weighted by Gasteiger charge is 2.44. The first kappa shape index (κ1) is 31.2. The molecule has 1 aromatic heterocycles. The molecule has 0 saturated carbocycles. The summed E-state index contributed by atoms with van der Waals surface area (Å²) in [5, 5.41) is 9.88. The Bertz CT molecular complexity index is 1230. The van der Waals surface area contributed by atoms with Crippen molar-refractivity contribution in [2.45, 2.75) is 123 Å². The van der Waals surface area contributed by atoms with E-state index in [4.69, 9.17) is 15.7 Å². The second-order valence-corrected chi connectivity index (χ2v) is 12.3. The maximum absolute atomic E-state index is 12.8. The third-order valence-electron chi connectivity index (χ3n) is 9.73. The molecule has 3 aliphatic heterocycles. The van der Waals surface area contributed by atoms with E-state index in [-0.39, 0.29) is 11.5 Å². The van der Waals surface area contributed by atoms with Crippen molar-refractivity contribution < 1.29 is 4.39 Å². The van der Waals surface area contributed by atoms with Crippen LogP contribution in [0.3, 0.4) is 0 Å². The second kappa shape index (κ2) is 13.5. The molecule has 1 aliphatic carbocycles. The van der Waals surface area contributed by atoms with Gasteiger partial charge in [0, 0.05) is 42.8 Å². The Balaban J connectivity index is 0.000000268. The third-order valence-corrected chi connectivity index (χ3v) is 9.73. The van der Waals surface area contributed by atoms with Crippen LogP contribution in [-0.2, 0) is 19.3 Å². The molecule has 3 unspecified atom stereocenters. The normalized spacial score (nSPS) is 25.5. The number of nitrogen functional groups attached to an aromatic ring is 1. The number of hydrogen-bond donors (Lipinski definition) is 1. The lowest BCUT2D eigenvalue weighted by Gasteiger charge is -2.36. The van der Waals surface area contributed by atoms with Crippen LogP contribution in [0.2, 0.25) is 0 Å². The van der Waals surface area contributed by atoms with Gasteiger partial charge < -0.3 is 10.6 Å². The fourth-order valence-corrected chi connectivity index (χ4v) is 7.11. The van der Waals surface area contributed by atoms with E-state index in [0.717, 1.165) is 75.4 Å². The highest BCUT2D eigenvalue weighted by molar-refractivity contribution is 5.63. The van der Waals surface area contributed by atoms with Crippen molar-refractivity contribution in [2.75, 3.05) is 36.8 Å². The highest BCUT2D eigenvalue weighted by atomic mass is 19.1. The maximum atomic E-state index is 12.8. The first-order valence-corrected chi connectivity index (χ1v) is 16.1. The number of fused-ring (bicyclic) bond motifs is 2. The minimum Gasteiger partial charge on any atom is -0.398 e. The van der Waals surface area contributed by atoms with E-state index in [1.54, 1.807) is 0 Å². The number of aromatic nitrogens is 2. The number of hydrogen-bond acceptors (Lipinski definition) is 6. The first-order chi connectivity index (χ1) is 19.8. The summed E-state index contributed by atoms with van der Waals surface area (Å²) in [6, 6.07) is 6.45. The van der Waals surface area contributed by atoms with Crippen molar-refractivity contribution in [2.24, 2.45) is 0 Å². The Labute approximate surface area is 247 Å². The van der Waals surface area contributed by atoms with Crippen LogP contribution in [0.5, 0.6) is 0 Å². The van der Waals surface area contributed by atoms with E-state index < -0.39 is 6.17 Å². The SMILES string of the molecule is CC.CC12CCCN1CC(F)C2.CCc1nc2c(c(N3CCC3)n1)CCC(c1c([C@@H](C)CC)ccc(N)c1C#N)C2.